The summed E-state index contributed by atoms with van der Waals surface area (Å²) in [4.78, 5) is 21.7. The molecule has 8 nitrogen and oxygen atoms in total. The Labute approximate surface area is 190 Å². The molecule has 0 bridgehead atoms. The van der Waals surface area contributed by atoms with Gasteiger partial charge in [0.2, 0.25) is 5.82 Å². The van der Waals surface area contributed by atoms with E-state index in [0.29, 0.717) is 50.3 Å². The number of carbonyl (C=O) groups excluding carboxylic acids is 1. The number of hydrogen-bond acceptors (Lipinski definition) is 6. The first kappa shape index (κ1) is 19.9. The Morgan fingerprint density at radius 1 is 1.03 bits per heavy atom. The van der Waals surface area contributed by atoms with Crippen molar-refractivity contribution in [2.75, 3.05) is 39.5 Å². The van der Waals surface area contributed by atoms with Crippen LogP contribution in [0.25, 0.3) is 5.69 Å². The molecule has 3 aliphatic rings. The van der Waals surface area contributed by atoms with Crippen LogP contribution < -0.4 is 0 Å². The van der Waals surface area contributed by atoms with Gasteiger partial charge in [-0.2, -0.15) is 0 Å². The molecule has 0 aliphatic carbocycles. The molecule has 3 aliphatic heterocycles. The van der Waals surface area contributed by atoms with Crippen LogP contribution in [0.5, 0.6) is 0 Å². The fraction of sp³-hybridized carbons (Fsp3) is 0.348. The summed E-state index contributed by atoms with van der Waals surface area (Å²) in [6.07, 6.45) is 0. The third-order valence-corrected chi connectivity index (χ3v) is 6.57. The van der Waals surface area contributed by atoms with Crippen molar-refractivity contribution < 1.29 is 14.3 Å². The van der Waals surface area contributed by atoms with Crippen LogP contribution in [0.3, 0.4) is 0 Å². The van der Waals surface area contributed by atoms with Crippen LogP contribution in [0.15, 0.2) is 48.5 Å². The Morgan fingerprint density at radius 2 is 1.84 bits per heavy atom. The molecule has 2 saturated heterocycles. The Balaban J connectivity index is 1.51. The Kier molecular flexibility index (Phi) is 4.76. The molecule has 6 rings (SSSR count). The first-order valence-corrected chi connectivity index (χ1v) is 11.1. The minimum Gasteiger partial charge on any atom is -0.378 e. The molecule has 4 heterocycles. The molecule has 2 aromatic carbocycles. The summed E-state index contributed by atoms with van der Waals surface area (Å²) in [5.74, 6) is 0.736. The van der Waals surface area contributed by atoms with E-state index in [2.05, 4.69) is 27.1 Å². The molecule has 1 amide bonds. The summed E-state index contributed by atoms with van der Waals surface area (Å²) in [6, 6.07) is 15.8. The molecule has 1 aromatic heterocycles. The lowest BCUT2D eigenvalue weighted by Gasteiger charge is -2.37. The molecule has 0 radical (unpaired) electrons. The summed E-state index contributed by atoms with van der Waals surface area (Å²) < 4.78 is 13.6. The van der Waals surface area contributed by atoms with Crippen LogP contribution in [-0.4, -0.2) is 69.9 Å². The van der Waals surface area contributed by atoms with Crippen molar-refractivity contribution >= 4 is 17.5 Å². The van der Waals surface area contributed by atoms with Gasteiger partial charge in [0, 0.05) is 35.8 Å². The average Bonchev–Trinajstić information content (AvgIpc) is 3.43. The fourth-order valence-corrected chi connectivity index (χ4v) is 5.02. The monoisotopic (exact) mass is 451 g/mol. The average molecular weight is 452 g/mol. The van der Waals surface area contributed by atoms with E-state index in [4.69, 9.17) is 21.1 Å². The van der Waals surface area contributed by atoms with Gasteiger partial charge in [0.1, 0.15) is 5.82 Å². The second-order valence-corrected chi connectivity index (χ2v) is 8.55. The fourth-order valence-electron chi connectivity index (χ4n) is 4.85. The largest absolute Gasteiger partial charge is 0.378 e. The number of nitrogens with zero attached hydrogens (tertiary/aromatic N) is 5. The van der Waals surface area contributed by atoms with Gasteiger partial charge in [0.05, 0.1) is 32.1 Å². The summed E-state index contributed by atoms with van der Waals surface area (Å²) in [5, 5.41) is 5.27. The van der Waals surface area contributed by atoms with Crippen LogP contribution >= 0.6 is 11.6 Å². The number of rotatable bonds is 2. The molecule has 0 spiro atoms. The van der Waals surface area contributed by atoms with Gasteiger partial charge in [-0.3, -0.25) is 9.69 Å². The van der Waals surface area contributed by atoms with E-state index in [-0.39, 0.29) is 11.7 Å². The number of carbonyl (C=O) groups is 1. The molecule has 0 N–H and O–H groups in total. The van der Waals surface area contributed by atoms with Crippen molar-refractivity contribution in [1.82, 2.24) is 24.6 Å². The van der Waals surface area contributed by atoms with Crippen LogP contribution in [-0.2, 0) is 21.7 Å². The highest BCUT2D eigenvalue weighted by Gasteiger charge is 2.49. The zero-order valence-electron chi connectivity index (χ0n) is 17.4. The summed E-state index contributed by atoms with van der Waals surface area (Å²) in [7, 11) is 0. The van der Waals surface area contributed by atoms with Crippen molar-refractivity contribution in [1.29, 1.82) is 0 Å². The second kappa shape index (κ2) is 7.67. The van der Waals surface area contributed by atoms with E-state index >= 15 is 0 Å². The minimum atomic E-state index is -0.793. The third kappa shape index (κ3) is 2.98. The predicted molar refractivity (Wildman–Crippen MR) is 117 cm³/mol. The number of ether oxygens (including phenoxy) is 2. The standard InChI is InChI=1S/C23H22ClN5O3/c24-17-6-7-19-18(14-17)23(16-4-2-1-3-5-16)28(10-13-32-23)15-20-25-21(26-29(19)20)22(30)27-8-11-31-12-9-27/h1-7,14H,8-13,15H2. The van der Waals surface area contributed by atoms with Gasteiger partial charge in [-0.25, -0.2) is 9.67 Å². The number of aromatic nitrogens is 3. The van der Waals surface area contributed by atoms with Gasteiger partial charge in [0.15, 0.2) is 5.72 Å². The predicted octanol–water partition coefficient (Wildman–Crippen LogP) is 2.44. The van der Waals surface area contributed by atoms with Gasteiger partial charge in [0.25, 0.3) is 5.91 Å². The molecule has 0 saturated carbocycles. The smallest absolute Gasteiger partial charge is 0.293 e. The van der Waals surface area contributed by atoms with Crippen LogP contribution in [0.1, 0.15) is 27.6 Å². The van der Waals surface area contributed by atoms with Gasteiger partial charge in [-0.05, 0) is 18.2 Å². The number of benzene rings is 2. The van der Waals surface area contributed by atoms with Crippen LogP contribution in [0.2, 0.25) is 5.02 Å². The molecular weight excluding hydrogens is 430 g/mol. The van der Waals surface area contributed by atoms with Gasteiger partial charge in [-0.15, -0.1) is 5.10 Å². The number of fused-ring (bicyclic) bond motifs is 5. The quantitative estimate of drug-likeness (QED) is 0.596. The van der Waals surface area contributed by atoms with Gasteiger partial charge in [-0.1, -0.05) is 41.9 Å². The number of morpholine rings is 1. The lowest BCUT2D eigenvalue weighted by molar-refractivity contribution is -0.0551. The van der Waals surface area contributed by atoms with Crippen molar-refractivity contribution in [3.63, 3.8) is 0 Å². The molecule has 164 valence electrons. The summed E-state index contributed by atoms with van der Waals surface area (Å²) in [6.45, 7) is 3.95. The van der Waals surface area contributed by atoms with Crippen LogP contribution in [0, 0.1) is 0 Å². The number of amides is 1. The minimum absolute atomic E-state index is 0.170. The molecule has 1 unspecified atom stereocenters. The SMILES string of the molecule is O=C(c1nc2n(n1)-c1ccc(Cl)cc1C1(c3ccccc3)OCCN1C2)N1CCOCC1. The first-order chi connectivity index (χ1) is 15.7. The van der Waals surface area contributed by atoms with E-state index in [1.165, 1.54) is 0 Å². The van der Waals surface area contributed by atoms with E-state index < -0.39 is 5.72 Å². The highest BCUT2D eigenvalue weighted by molar-refractivity contribution is 6.30. The third-order valence-electron chi connectivity index (χ3n) is 6.33. The molecule has 3 aromatic rings. The number of halogens is 1. The maximum atomic E-state index is 13.1. The Bertz CT molecular complexity index is 1180. The molecule has 9 heteroatoms. The van der Waals surface area contributed by atoms with Crippen molar-refractivity contribution in [2.24, 2.45) is 0 Å². The van der Waals surface area contributed by atoms with Crippen LogP contribution in [0.4, 0.5) is 0 Å². The topological polar surface area (TPSA) is 72.7 Å². The molecular formula is C23H22ClN5O3. The maximum Gasteiger partial charge on any atom is 0.293 e. The number of hydrogen-bond donors (Lipinski definition) is 0. The van der Waals surface area contributed by atoms with Crippen molar-refractivity contribution in [2.45, 2.75) is 12.3 Å². The lowest BCUT2D eigenvalue weighted by atomic mass is 9.92. The molecule has 32 heavy (non-hydrogen) atoms. The van der Waals surface area contributed by atoms with Crippen molar-refractivity contribution in [3.8, 4) is 5.69 Å². The van der Waals surface area contributed by atoms with Gasteiger partial charge < -0.3 is 14.4 Å². The van der Waals surface area contributed by atoms with Crippen molar-refractivity contribution in [3.05, 3.63) is 76.3 Å². The Morgan fingerprint density at radius 3 is 2.66 bits per heavy atom. The Hall–Kier alpha value is -2.78. The molecule has 2 fully saturated rings. The summed E-state index contributed by atoms with van der Waals surface area (Å²) in [5.41, 5.74) is 1.93. The maximum absolute atomic E-state index is 13.1. The molecule has 1 atom stereocenters. The van der Waals surface area contributed by atoms with E-state index in [9.17, 15) is 4.79 Å². The normalized spacial score (nSPS) is 22.7. The lowest BCUT2D eigenvalue weighted by Crippen LogP contribution is -2.42. The highest BCUT2D eigenvalue weighted by Crippen LogP contribution is 2.46. The van der Waals surface area contributed by atoms with Gasteiger partial charge >= 0.3 is 0 Å². The first-order valence-electron chi connectivity index (χ1n) is 10.7. The highest BCUT2D eigenvalue weighted by atomic mass is 35.5. The summed E-state index contributed by atoms with van der Waals surface area (Å²) >= 11 is 6.46. The zero-order chi connectivity index (χ0) is 21.7. The van der Waals surface area contributed by atoms with E-state index in [1.807, 2.05) is 36.4 Å². The second-order valence-electron chi connectivity index (χ2n) is 8.11. The van der Waals surface area contributed by atoms with E-state index in [1.54, 1.807) is 9.58 Å². The zero-order valence-corrected chi connectivity index (χ0v) is 18.2. The van der Waals surface area contributed by atoms with E-state index in [0.717, 1.165) is 23.4 Å².